The van der Waals surface area contributed by atoms with E-state index < -0.39 is 5.60 Å². The minimum Gasteiger partial charge on any atom is -0.444 e. The van der Waals surface area contributed by atoms with E-state index in [1.807, 2.05) is 45.0 Å². The third kappa shape index (κ3) is 6.74. The van der Waals surface area contributed by atoms with Gasteiger partial charge in [0.1, 0.15) is 11.9 Å². The van der Waals surface area contributed by atoms with Gasteiger partial charge in [0.05, 0.1) is 6.54 Å². The summed E-state index contributed by atoms with van der Waals surface area (Å²) >= 11 is 3.46. The molecule has 158 valence electrons. The van der Waals surface area contributed by atoms with E-state index in [-0.39, 0.29) is 6.09 Å². The molecule has 0 radical (unpaired) electrons. The van der Waals surface area contributed by atoms with Crippen molar-refractivity contribution in [3.8, 4) is 0 Å². The molecule has 0 unspecified atom stereocenters. The van der Waals surface area contributed by atoms with E-state index in [1.54, 1.807) is 4.90 Å². The molecule has 1 heterocycles. The molecular weight excluding hydrogens is 432 g/mol. The average molecular weight is 463 g/mol. The number of carbonyl (C=O) groups is 2. The van der Waals surface area contributed by atoms with Crippen LogP contribution in [0.2, 0.25) is 0 Å². The maximum atomic E-state index is 12.7. The summed E-state index contributed by atoms with van der Waals surface area (Å²) in [5, 5.41) is 3.51. The first-order valence-corrected chi connectivity index (χ1v) is 10.8. The second-order valence-electron chi connectivity index (χ2n) is 8.22. The highest BCUT2D eigenvalue weighted by atomic mass is 79.9. The Bertz CT molecular complexity index is 804. The van der Waals surface area contributed by atoms with E-state index in [4.69, 9.17) is 4.74 Å². The van der Waals surface area contributed by atoms with Crippen molar-refractivity contribution in [3.05, 3.63) is 51.2 Å². The van der Waals surface area contributed by atoms with Crippen molar-refractivity contribution in [2.24, 2.45) is 0 Å². The number of nitrogens with zero attached hydrogens (tertiary/aromatic N) is 1. The molecule has 5 nitrogen and oxygen atoms in total. The SMILES string of the molecule is CCC(C)=C(CC=O)C1=C(Nc2ccc(Br)cc2)CCN(C(=O)OC(C)(C)C)C1. The Morgan fingerprint density at radius 1 is 1.28 bits per heavy atom. The van der Waals surface area contributed by atoms with Crippen LogP contribution in [-0.2, 0) is 9.53 Å². The molecule has 1 N–H and O–H groups in total. The first-order chi connectivity index (χ1) is 13.6. The summed E-state index contributed by atoms with van der Waals surface area (Å²) in [7, 11) is 0. The van der Waals surface area contributed by atoms with Crippen LogP contribution >= 0.6 is 15.9 Å². The third-order valence-corrected chi connectivity index (χ3v) is 5.36. The zero-order valence-corrected chi connectivity index (χ0v) is 19.6. The summed E-state index contributed by atoms with van der Waals surface area (Å²) in [6, 6.07) is 7.98. The van der Waals surface area contributed by atoms with Crippen LogP contribution in [0.5, 0.6) is 0 Å². The molecule has 29 heavy (non-hydrogen) atoms. The van der Waals surface area contributed by atoms with Crippen molar-refractivity contribution in [2.75, 3.05) is 18.4 Å². The number of halogens is 1. The highest BCUT2D eigenvalue weighted by molar-refractivity contribution is 9.10. The Balaban J connectivity index is 2.41. The fraction of sp³-hybridized carbons (Fsp3) is 0.478. The number of hydrogen-bond acceptors (Lipinski definition) is 4. The van der Waals surface area contributed by atoms with Gasteiger partial charge in [0, 0.05) is 35.2 Å². The normalized spacial score (nSPS) is 15.7. The van der Waals surface area contributed by atoms with E-state index in [1.165, 1.54) is 0 Å². The molecule has 0 atom stereocenters. The molecular formula is C23H31BrN2O3. The van der Waals surface area contributed by atoms with Crippen LogP contribution in [0.3, 0.4) is 0 Å². The molecule has 2 rings (SSSR count). The van der Waals surface area contributed by atoms with Gasteiger partial charge in [-0.3, -0.25) is 0 Å². The topological polar surface area (TPSA) is 58.6 Å². The zero-order chi connectivity index (χ0) is 21.6. The smallest absolute Gasteiger partial charge is 0.410 e. The van der Waals surface area contributed by atoms with E-state index >= 15 is 0 Å². The predicted molar refractivity (Wildman–Crippen MR) is 121 cm³/mol. The summed E-state index contributed by atoms with van der Waals surface area (Å²) < 4.78 is 6.59. The number of rotatable bonds is 6. The maximum Gasteiger partial charge on any atom is 0.410 e. The number of carbonyl (C=O) groups excluding carboxylic acids is 2. The molecule has 0 spiro atoms. The Morgan fingerprint density at radius 3 is 2.48 bits per heavy atom. The monoisotopic (exact) mass is 462 g/mol. The van der Waals surface area contributed by atoms with Gasteiger partial charge in [-0.1, -0.05) is 28.4 Å². The van der Waals surface area contributed by atoms with Crippen LogP contribution in [0.15, 0.2) is 51.2 Å². The standard InChI is InChI=1S/C23H31BrN2O3/c1-6-16(2)19(12-14-27)20-15-26(22(28)29-23(3,4)5)13-11-21(20)25-18-9-7-17(24)8-10-18/h7-10,14,25H,6,11-13,15H2,1-5H3. The number of aldehydes is 1. The lowest BCUT2D eigenvalue weighted by Gasteiger charge is -2.34. The summed E-state index contributed by atoms with van der Waals surface area (Å²) in [5.41, 5.74) is 4.67. The second-order valence-corrected chi connectivity index (χ2v) is 9.14. The van der Waals surface area contributed by atoms with Gasteiger partial charge in [0.15, 0.2) is 0 Å². The summed E-state index contributed by atoms with van der Waals surface area (Å²) in [6.07, 6.45) is 2.47. The van der Waals surface area contributed by atoms with E-state index in [9.17, 15) is 9.59 Å². The van der Waals surface area contributed by atoms with Crippen LogP contribution in [-0.4, -0.2) is 36.0 Å². The molecule has 1 aromatic carbocycles. The summed E-state index contributed by atoms with van der Waals surface area (Å²) in [5.74, 6) is 0. The van der Waals surface area contributed by atoms with Crippen molar-refractivity contribution in [3.63, 3.8) is 0 Å². The summed E-state index contributed by atoms with van der Waals surface area (Å²) in [6.45, 7) is 10.7. The molecule has 0 aromatic heterocycles. The van der Waals surface area contributed by atoms with Crippen LogP contribution in [0.25, 0.3) is 0 Å². The van der Waals surface area contributed by atoms with E-state index in [0.29, 0.717) is 25.9 Å². The van der Waals surface area contributed by atoms with Crippen molar-refractivity contribution in [2.45, 2.75) is 59.5 Å². The first-order valence-electron chi connectivity index (χ1n) is 9.99. The van der Waals surface area contributed by atoms with Gasteiger partial charge in [-0.05, 0) is 69.5 Å². The molecule has 0 aliphatic carbocycles. The quantitative estimate of drug-likeness (QED) is 0.520. The van der Waals surface area contributed by atoms with Crippen LogP contribution in [0.4, 0.5) is 10.5 Å². The van der Waals surface area contributed by atoms with Gasteiger partial charge < -0.3 is 19.7 Å². The van der Waals surface area contributed by atoms with Gasteiger partial charge in [-0.15, -0.1) is 0 Å². The van der Waals surface area contributed by atoms with Gasteiger partial charge in [-0.25, -0.2) is 4.79 Å². The molecule has 0 bridgehead atoms. The average Bonchev–Trinajstić information content (AvgIpc) is 2.66. The lowest BCUT2D eigenvalue weighted by atomic mass is 9.91. The van der Waals surface area contributed by atoms with Crippen LogP contribution < -0.4 is 5.32 Å². The fourth-order valence-corrected chi connectivity index (χ4v) is 3.48. The Kier molecular flexibility index (Phi) is 8.08. The Labute approximate surface area is 182 Å². The molecule has 0 saturated heterocycles. The van der Waals surface area contributed by atoms with E-state index in [2.05, 4.69) is 35.1 Å². The number of hydrogen-bond donors (Lipinski definition) is 1. The molecule has 6 heteroatoms. The minimum absolute atomic E-state index is 0.322. The number of amides is 1. The number of anilines is 1. The fourth-order valence-electron chi connectivity index (χ4n) is 3.22. The Morgan fingerprint density at radius 2 is 1.93 bits per heavy atom. The van der Waals surface area contributed by atoms with Gasteiger partial charge >= 0.3 is 6.09 Å². The number of allylic oxidation sites excluding steroid dienone is 1. The zero-order valence-electron chi connectivity index (χ0n) is 18.0. The highest BCUT2D eigenvalue weighted by Crippen LogP contribution is 2.30. The Hall–Kier alpha value is -2.08. The van der Waals surface area contributed by atoms with Crippen molar-refractivity contribution < 1.29 is 14.3 Å². The highest BCUT2D eigenvalue weighted by Gasteiger charge is 2.29. The minimum atomic E-state index is -0.544. The predicted octanol–water partition coefficient (Wildman–Crippen LogP) is 6.07. The first kappa shape index (κ1) is 23.2. The van der Waals surface area contributed by atoms with E-state index in [0.717, 1.165) is 45.3 Å². The second kappa shape index (κ2) is 10.1. The molecule has 1 aliphatic heterocycles. The lowest BCUT2D eigenvalue weighted by Crippen LogP contribution is -2.41. The number of ether oxygens (including phenoxy) is 1. The summed E-state index contributed by atoms with van der Waals surface area (Å²) in [4.78, 5) is 25.8. The molecule has 0 saturated carbocycles. The van der Waals surface area contributed by atoms with Crippen LogP contribution in [0.1, 0.15) is 53.9 Å². The van der Waals surface area contributed by atoms with Crippen molar-refractivity contribution in [1.82, 2.24) is 4.90 Å². The largest absolute Gasteiger partial charge is 0.444 e. The van der Waals surface area contributed by atoms with Crippen molar-refractivity contribution in [1.29, 1.82) is 0 Å². The number of nitrogens with one attached hydrogen (secondary N) is 1. The van der Waals surface area contributed by atoms with Gasteiger partial charge in [0.2, 0.25) is 0 Å². The third-order valence-electron chi connectivity index (χ3n) is 4.83. The van der Waals surface area contributed by atoms with Gasteiger partial charge in [0.25, 0.3) is 0 Å². The molecule has 0 fully saturated rings. The molecule has 1 aromatic rings. The van der Waals surface area contributed by atoms with Gasteiger partial charge in [-0.2, -0.15) is 0 Å². The molecule has 1 aliphatic rings. The molecule has 1 amide bonds. The maximum absolute atomic E-state index is 12.7. The van der Waals surface area contributed by atoms with Crippen LogP contribution in [0, 0.1) is 0 Å². The van der Waals surface area contributed by atoms with Crippen molar-refractivity contribution >= 4 is 34.0 Å². The number of benzene rings is 1. The lowest BCUT2D eigenvalue weighted by molar-refractivity contribution is -0.107.